The third kappa shape index (κ3) is 2.31. The number of aromatic amines is 1. The first-order chi connectivity index (χ1) is 10.8. The molecule has 0 aliphatic carbocycles. The van der Waals surface area contributed by atoms with Crippen LogP contribution in [-0.2, 0) is 6.42 Å². The van der Waals surface area contributed by atoms with Crippen LogP contribution in [0.4, 0.5) is 0 Å². The molecule has 110 valence electrons. The normalized spacial score (nSPS) is 14.3. The van der Waals surface area contributed by atoms with Crippen LogP contribution >= 0.6 is 11.3 Å². The Kier molecular flexibility index (Phi) is 3.23. The van der Waals surface area contributed by atoms with E-state index in [1.165, 1.54) is 0 Å². The number of carbonyl (C=O) groups is 1. The first-order valence-corrected chi connectivity index (χ1v) is 8.01. The number of rotatable bonds is 2. The average Bonchev–Trinajstić information content (AvgIpc) is 3.16. The van der Waals surface area contributed by atoms with Crippen molar-refractivity contribution < 1.29 is 4.79 Å². The van der Waals surface area contributed by atoms with Crippen LogP contribution in [0.1, 0.15) is 22.6 Å². The number of imidazole rings is 1. The fraction of sp³-hybridized carbons (Fsp3) is 0.188. The molecule has 22 heavy (non-hydrogen) atoms. The molecule has 3 heterocycles. The summed E-state index contributed by atoms with van der Waals surface area (Å²) in [5, 5.41) is 3.81. The maximum Gasteiger partial charge on any atom is 0.271 e. The van der Waals surface area contributed by atoms with Gasteiger partial charge in [0.15, 0.2) is 0 Å². The number of aromatic nitrogens is 3. The van der Waals surface area contributed by atoms with Gasteiger partial charge < -0.3 is 10.3 Å². The summed E-state index contributed by atoms with van der Waals surface area (Å²) in [6, 6.07) is 10.0. The summed E-state index contributed by atoms with van der Waals surface area (Å²) < 4.78 is 0. The Hall–Kier alpha value is -2.47. The number of carbonyl (C=O) groups excluding carboxylic acids is 1. The van der Waals surface area contributed by atoms with Gasteiger partial charge in [-0.25, -0.2) is 9.97 Å². The zero-order valence-electron chi connectivity index (χ0n) is 11.8. The molecule has 0 radical (unpaired) electrons. The van der Waals surface area contributed by atoms with Crippen molar-refractivity contribution in [2.45, 2.75) is 12.8 Å². The first kappa shape index (κ1) is 13.2. The summed E-state index contributed by atoms with van der Waals surface area (Å²) in [6.07, 6.45) is 3.58. The monoisotopic (exact) mass is 310 g/mol. The van der Waals surface area contributed by atoms with Crippen molar-refractivity contribution in [3.8, 4) is 21.3 Å². The minimum atomic E-state index is -0.0946. The van der Waals surface area contributed by atoms with E-state index in [0.717, 1.165) is 39.8 Å². The molecule has 1 aliphatic heterocycles. The second kappa shape index (κ2) is 5.38. The Bertz CT molecular complexity index is 822. The first-order valence-electron chi connectivity index (χ1n) is 7.20. The average molecular weight is 310 g/mol. The third-order valence-electron chi connectivity index (χ3n) is 3.64. The molecule has 6 heteroatoms. The summed E-state index contributed by atoms with van der Waals surface area (Å²) in [5.41, 5.74) is 2.52. The highest BCUT2D eigenvalue weighted by Gasteiger charge is 2.21. The lowest BCUT2D eigenvalue weighted by Gasteiger charge is -1.96. The van der Waals surface area contributed by atoms with E-state index >= 15 is 0 Å². The Balaban J connectivity index is 1.70. The van der Waals surface area contributed by atoms with Crippen molar-refractivity contribution in [2.75, 3.05) is 6.54 Å². The molecule has 3 aromatic rings. The molecule has 0 fully saturated rings. The molecule has 4 rings (SSSR count). The lowest BCUT2D eigenvalue weighted by Crippen LogP contribution is -2.23. The lowest BCUT2D eigenvalue weighted by molar-refractivity contribution is 0.0951. The Morgan fingerprint density at radius 3 is 2.91 bits per heavy atom. The molecule has 0 saturated heterocycles. The number of thiazole rings is 1. The van der Waals surface area contributed by atoms with Gasteiger partial charge in [0.05, 0.1) is 4.88 Å². The number of hydrogen-bond donors (Lipinski definition) is 2. The molecule has 0 atom stereocenters. The fourth-order valence-electron chi connectivity index (χ4n) is 2.54. The maximum atomic E-state index is 12.0. The van der Waals surface area contributed by atoms with E-state index < -0.39 is 0 Å². The largest absolute Gasteiger partial charge is 0.351 e. The van der Waals surface area contributed by atoms with Gasteiger partial charge in [-0.2, -0.15) is 0 Å². The standard InChI is InChI=1S/C16H14N4OS/c21-15-13-11(7-4-8-17-15)19-14(20-13)12-9-18-16(22-12)10-5-2-1-3-6-10/h1-3,5-6,9H,4,7-8H2,(H,17,21)(H,19,20). The Labute approximate surface area is 131 Å². The van der Waals surface area contributed by atoms with E-state index in [-0.39, 0.29) is 5.91 Å². The van der Waals surface area contributed by atoms with Gasteiger partial charge in [-0.15, -0.1) is 11.3 Å². The highest BCUT2D eigenvalue weighted by Crippen LogP contribution is 2.31. The second-order valence-corrected chi connectivity index (χ2v) is 6.20. The minimum absolute atomic E-state index is 0.0946. The van der Waals surface area contributed by atoms with Gasteiger partial charge in [-0.1, -0.05) is 30.3 Å². The van der Waals surface area contributed by atoms with Crippen LogP contribution < -0.4 is 5.32 Å². The van der Waals surface area contributed by atoms with Crippen molar-refractivity contribution >= 4 is 17.2 Å². The van der Waals surface area contributed by atoms with Gasteiger partial charge >= 0.3 is 0 Å². The molecule has 0 saturated carbocycles. The number of hydrogen-bond acceptors (Lipinski definition) is 4. The van der Waals surface area contributed by atoms with Crippen LogP contribution in [0.5, 0.6) is 0 Å². The van der Waals surface area contributed by atoms with E-state index in [9.17, 15) is 4.79 Å². The summed E-state index contributed by atoms with van der Waals surface area (Å²) in [7, 11) is 0. The van der Waals surface area contributed by atoms with Crippen LogP contribution in [-0.4, -0.2) is 27.4 Å². The summed E-state index contributed by atoms with van der Waals surface area (Å²) in [4.78, 5) is 25.1. The second-order valence-electron chi connectivity index (χ2n) is 5.17. The van der Waals surface area contributed by atoms with Gasteiger partial charge in [0.1, 0.15) is 16.5 Å². The fourth-order valence-corrected chi connectivity index (χ4v) is 3.41. The zero-order chi connectivity index (χ0) is 14.9. The third-order valence-corrected chi connectivity index (χ3v) is 4.70. The predicted molar refractivity (Wildman–Crippen MR) is 85.8 cm³/mol. The van der Waals surface area contributed by atoms with Crippen molar-refractivity contribution in [1.29, 1.82) is 0 Å². The van der Waals surface area contributed by atoms with Crippen molar-refractivity contribution in [1.82, 2.24) is 20.3 Å². The molecule has 1 amide bonds. The molecule has 0 bridgehead atoms. The van der Waals surface area contributed by atoms with E-state index in [4.69, 9.17) is 0 Å². The number of aryl methyl sites for hydroxylation is 1. The number of benzene rings is 1. The maximum absolute atomic E-state index is 12.0. The van der Waals surface area contributed by atoms with Crippen LogP contribution in [0.25, 0.3) is 21.3 Å². The SMILES string of the molecule is O=C1NCCCc2[nH]c(-c3cnc(-c4ccccc4)s3)nc21. The van der Waals surface area contributed by atoms with Gasteiger partial charge in [0.2, 0.25) is 0 Å². The topological polar surface area (TPSA) is 70.7 Å². The summed E-state index contributed by atoms with van der Waals surface area (Å²) in [5.74, 6) is 0.629. The van der Waals surface area contributed by atoms with E-state index in [1.54, 1.807) is 11.3 Å². The van der Waals surface area contributed by atoms with Gasteiger partial charge in [0.25, 0.3) is 5.91 Å². The van der Waals surface area contributed by atoms with Gasteiger partial charge in [-0.3, -0.25) is 4.79 Å². The van der Waals surface area contributed by atoms with Crippen molar-refractivity contribution in [2.24, 2.45) is 0 Å². The number of nitrogens with zero attached hydrogens (tertiary/aromatic N) is 2. The molecule has 2 aromatic heterocycles. The Morgan fingerprint density at radius 2 is 2.05 bits per heavy atom. The molecule has 0 unspecified atom stereocenters. The number of nitrogens with one attached hydrogen (secondary N) is 2. The highest BCUT2D eigenvalue weighted by atomic mass is 32.1. The highest BCUT2D eigenvalue weighted by molar-refractivity contribution is 7.18. The van der Waals surface area contributed by atoms with Crippen LogP contribution in [0.15, 0.2) is 36.5 Å². The number of fused-ring (bicyclic) bond motifs is 1. The van der Waals surface area contributed by atoms with E-state index in [1.807, 2.05) is 36.5 Å². The molecule has 5 nitrogen and oxygen atoms in total. The van der Waals surface area contributed by atoms with Crippen molar-refractivity contribution in [3.63, 3.8) is 0 Å². The molecule has 2 N–H and O–H groups in total. The van der Waals surface area contributed by atoms with Crippen LogP contribution in [0.3, 0.4) is 0 Å². The smallest absolute Gasteiger partial charge is 0.271 e. The van der Waals surface area contributed by atoms with Crippen molar-refractivity contribution in [3.05, 3.63) is 47.9 Å². The van der Waals surface area contributed by atoms with Crippen LogP contribution in [0, 0.1) is 0 Å². The van der Waals surface area contributed by atoms with Crippen LogP contribution in [0.2, 0.25) is 0 Å². The molecular formula is C16H14N4OS. The molecular weight excluding hydrogens is 296 g/mol. The van der Waals surface area contributed by atoms with Gasteiger partial charge in [-0.05, 0) is 12.8 Å². The zero-order valence-corrected chi connectivity index (χ0v) is 12.6. The Morgan fingerprint density at radius 1 is 1.18 bits per heavy atom. The lowest BCUT2D eigenvalue weighted by atomic mass is 10.2. The van der Waals surface area contributed by atoms with E-state index in [0.29, 0.717) is 12.2 Å². The predicted octanol–water partition coefficient (Wildman–Crippen LogP) is 2.88. The number of amides is 1. The van der Waals surface area contributed by atoms with Gasteiger partial charge in [0, 0.05) is 24.0 Å². The summed E-state index contributed by atoms with van der Waals surface area (Å²) in [6.45, 7) is 0.705. The molecule has 0 spiro atoms. The number of H-pyrrole nitrogens is 1. The minimum Gasteiger partial charge on any atom is -0.351 e. The molecule has 1 aliphatic rings. The quantitative estimate of drug-likeness (QED) is 0.764. The molecule has 1 aromatic carbocycles. The van der Waals surface area contributed by atoms with E-state index in [2.05, 4.69) is 20.3 Å². The summed E-state index contributed by atoms with van der Waals surface area (Å²) >= 11 is 1.57.